The normalized spacial score (nSPS) is 10.3. The molecule has 0 aliphatic carbocycles. The summed E-state index contributed by atoms with van der Waals surface area (Å²) in [4.78, 5) is 24.5. The third-order valence-corrected chi connectivity index (χ3v) is 3.82. The summed E-state index contributed by atoms with van der Waals surface area (Å²) in [5.74, 6) is -0.642. The van der Waals surface area contributed by atoms with Gasteiger partial charge in [-0.05, 0) is 54.6 Å². The standard InChI is InChI=1S/C18H12Cl2N2O3/c19-12-5-3-11(4-6-12)17(23)21-14-8-7-13(20)10-15(14)22-18(24)16-2-1-9-25-16/h1-10H,(H,21,23)(H,22,24). The number of rotatable bonds is 4. The Bertz CT molecular complexity index is 907. The zero-order valence-electron chi connectivity index (χ0n) is 12.8. The van der Waals surface area contributed by atoms with E-state index in [0.717, 1.165) is 0 Å². The first-order chi connectivity index (χ1) is 12.0. The van der Waals surface area contributed by atoms with Crippen molar-refractivity contribution in [1.29, 1.82) is 0 Å². The molecule has 0 aliphatic heterocycles. The van der Waals surface area contributed by atoms with Crippen LogP contribution in [0.25, 0.3) is 0 Å². The molecular weight excluding hydrogens is 363 g/mol. The number of amides is 2. The monoisotopic (exact) mass is 374 g/mol. The molecular formula is C18H12Cl2N2O3. The number of carbonyl (C=O) groups excluding carboxylic acids is 2. The van der Waals surface area contributed by atoms with Gasteiger partial charge >= 0.3 is 0 Å². The first-order valence-electron chi connectivity index (χ1n) is 7.24. The minimum Gasteiger partial charge on any atom is -0.459 e. The Morgan fingerprint density at radius 2 is 1.48 bits per heavy atom. The number of nitrogens with one attached hydrogen (secondary N) is 2. The molecule has 0 saturated carbocycles. The molecule has 7 heteroatoms. The van der Waals surface area contributed by atoms with Gasteiger partial charge in [-0.2, -0.15) is 0 Å². The molecule has 3 rings (SSSR count). The summed E-state index contributed by atoms with van der Waals surface area (Å²) < 4.78 is 5.05. The maximum Gasteiger partial charge on any atom is 0.291 e. The van der Waals surface area contributed by atoms with Crippen LogP contribution in [0.1, 0.15) is 20.9 Å². The van der Waals surface area contributed by atoms with Crippen LogP contribution in [0, 0.1) is 0 Å². The lowest BCUT2D eigenvalue weighted by Crippen LogP contribution is -2.16. The van der Waals surface area contributed by atoms with Crippen molar-refractivity contribution in [1.82, 2.24) is 0 Å². The molecule has 126 valence electrons. The first kappa shape index (κ1) is 17.1. The zero-order valence-corrected chi connectivity index (χ0v) is 14.3. The van der Waals surface area contributed by atoms with Gasteiger partial charge in [-0.3, -0.25) is 9.59 Å². The molecule has 3 aromatic rings. The van der Waals surface area contributed by atoms with Gasteiger partial charge in [0.1, 0.15) is 0 Å². The predicted molar refractivity (Wildman–Crippen MR) is 97.5 cm³/mol. The van der Waals surface area contributed by atoms with E-state index in [1.54, 1.807) is 48.5 Å². The minimum atomic E-state index is -0.450. The average molecular weight is 375 g/mol. The largest absolute Gasteiger partial charge is 0.459 e. The molecule has 1 heterocycles. The highest BCUT2D eigenvalue weighted by molar-refractivity contribution is 6.31. The summed E-state index contributed by atoms with van der Waals surface area (Å²) in [6.07, 6.45) is 1.40. The molecule has 2 N–H and O–H groups in total. The highest BCUT2D eigenvalue weighted by atomic mass is 35.5. The fourth-order valence-electron chi connectivity index (χ4n) is 2.12. The Morgan fingerprint density at radius 3 is 2.16 bits per heavy atom. The van der Waals surface area contributed by atoms with Gasteiger partial charge in [-0.25, -0.2) is 0 Å². The highest BCUT2D eigenvalue weighted by Crippen LogP contribution is 2.27. The van der Waals surface area contributed by atoms with Crippen LogP contribution in [-0.4, -0.2) is 11.8 Å². The SMILES string of the molecule is O=C(Nc1ccc(Cl)cc1NC(=O)c1ccco1)c1ccc(Cl)cc1. The topological polar surface area (TPSA) is 71.3 Å². The van der Waals surface area contributed by atoms with Gasteiger partial charge in [-0.15, -0.1) is 0 Å². The van der Waals surface area contributed by atoms with Gasteiger partial charge in [0.15, 0.2) is 5.76 Å². The van der Waals surface area contributed by atoms with E-state index in [9.17, 15) is 9.59 Å². The fraction of sp³-hybridized carbons (Fsp3) is 0. The van der Waals surface area contributed by atoms with Crippen LogP contribution in [0.5, 0.6) is 0 Å². The number of furan rings is 1. The van der Waals surface area contributed by atoms with E-state index in [-0.39, 0.29) is 11.7 Å². The van der Waals surface area contributed by atoms with E-state index in [1.165, 1.54) is 12.3 Å². The van der Waals surface area contributed by atoms with E-state index >= 15 is 0 Å². The van der Waals surface area contributed by atoms with Crippen molar-refractivity contribution >= 4 is 46.4 Å². The Morgan fingerprint density at radius 1 is 0.800 bits per heavy atom. The van der Waals surface area contributed by atoms with Crippen LogP contribution >= 0.6 is 23.2 Å². The number of hydrogen-bond donors (Lipinski definition) is 2. The predicted octanol–water partition coefficient (Wildman–Crippen LogP) is 5.09. The molecule has 0 saturated heterocycles. The molecule has 0 fully saturated rings. The molecule has 0 radical (unpaired) electrons. The molecule has 2 amide bonds. The molecule has 0 atom stereocenters. The second-order valence-corrected chi connectivity index (χ2v) is 5.96. The van der Waals surface area contributed by atoms with Crippen LogP contribution in [0.2, 0.25) is 10.0 Å². The lowest BCUT2D eigenvalue weighted by molar-refractivity contribution is 0.0993. The Labute approximate surface area is 153 Å². The molecule has 25 heavy (non-hydrogen) atoms. The molecule has 0 aliphatic rings. The van der Waals surface area contributed by atoms with Crippen LogP contribution in [0.4, 0.5) is 11.4 Å². The summed E-state index contributed by atoms with van der Waals surface area (Å²) in [6, 6.07) is 14.4. The van der Waals surface area contributed by atoms with Crippen LogP contribution in [0.15, 0.2) is 65.3 Å². The smallest absolute Gasteiger partial charge is 0.291 e. The van der Waals surface area contributed by atoms with E-state index in [0.29, 0.717) is 27.0 Å². The highest BCUT2D eigenvalue weighted by Gasteiger charge is 2.14. The van der Waals surface area contributed by atoms with Gasteiger partial charge < -0.3 is 15.1 Å². The maximum absolute atomic E-state index is 12.4. The Hall–Kier alpha value is -2.76. The van der Waals surface area contributed by atoms with Crippen molar-refractivity contribution in [2.45, 2.75) is 0 Å². The van der Waals surface area contributed by atoms with Crippen molar-refractivity contribution in [2.24, 2.45) is 0 Å². The Balaban J connectivity index is 1.82. The summed E-state index contributed by atoms with van der Waals surface area (Å²) in [5.41, 5.74) is 1.20. The fourth-order valence-corrected chi connectivity index (χ4v) is 2.41. The molecule has 5 nitrogen and oxygen atoms in total. The summed E-state index contributed by atoms with van der Waals surface area (Å²) in [5, 5.41) is 6.36. The number of benzene rings is 2. The van der Waals surface area contributed by atoms with Gasteiger partial charge in [0.2, 0.25) is 0 Å². The molecule has 0 bridgehead atoms. The van der Waals surface area contributed by atoms with Crippen LogP contribution in [-0.2, 0) is 0 Å². The summed E-state index contributed by atoms with van der Waals surface area (Å²) in [7, 11) is 0. The van der Waals surface area contributed by atoms with E-state index < -0.39 is 5.91 Å². The van der Waals surface area contributed by atoms with Crippen molar-refractivity contribution in [3.63, 3.8) is 0 Å². The van der Waals surface area contributed by atoms with Gasteiger partial charge in [0.05, 0.1) is 17.6 Å². The van der Waals surface area contributed by atoms with Crippen LogP contribution in [0.3, 0.4) is 0 Å². The van der Waals surface area contributed by atoms with E-state index in [2.05, 4.69) is 10.6 Å². The van der Waals surface area contributed by atoms with Crippen molar-refractivity contribution in [3.8, 4) is 0 Å². The number of carbonyl (C=O) groups is 2. The zero-order chi connectivity index (χ0) is 17.8. The Kier molecular flexibility index (Phi) is 5.07. The van der Waals surface area contributed by atoms with E-state index in [1.807, 2.05) is 0 Å². The number of anilines is 2. The molecule has 0 unspecified atom stereocenters. The van der Waals surface area contributed by atoms with Gasteiger partial charge in [0, 0.05) is 15.6 Å². The number of hydrogen-bond acceptors (Lipinski definition) is 3. The molecule has 2 aromatic carbocycles. The molecule has 1 aromatic heterocycles. The second-order valence-electron chi connectivity index (χ2n) is 5.08. The first-order valence-corrected chi connectivity index (χ1v) is 8.00. The van der Waals surface area contributed by atoms with Crippen molar-refractivity contribution < 1.29 is 14.0 Å². The van der Waals surface area contributed by atoms with Gasteiger partial charge in [0.25, 0.3) is 11.8 Å². The summed E-state index contributed by atoms with van der Waals surface area (Å²) in [6.45, 7) is 0. The lowest BCUT2D eigenvalue weighted by Gasteiger charge is -2.12. The third kappa shape index (κ3) is 4.21. The average Bonchev–Trinajstić information content (AvgIpc) is 3.12. The summed E-state index contributed by atoms with van der Waals surface area (Å²) >= 11 is 11.8. The second kappa shape index (κ2) is 7.42. The number of halogens is 2. The van der Waals surface area contributed by atoms with Crippen molar-refractivity contribution in [3.05, 3.63) is 82.2 Å². The third-order valence-electron chi connectivity index (χ3n) is 3.33. The maximum atomic E-state index is 12.4. The quantitative estimate of drug-likeness (QED) is 0.667. The molecule has 0 spiro atoms. The lowest BCUT2D eigenvalue weighted by atomic mass is 10.2. The van der Waals surface area contributed by atoms with Gasteiger partial charge in [-0.1, -0.05) is 23.2 Å². The van der Waals surface area contributed by atoms with Crippen molar-refractivity contribution in [2.75, 3.05) is 10.6 Å². The minimum absolute atomic E-state index is 0.148. The van der Waals surface area contributed by atoms with Crippen LogP contribution < -0.4 is 10.6 Å². The van der Waals surface area contributed by atoms with E-state index in [4.69, 9.17) is 27.6 Å².